The largest absolute Gasteiger partial charge is 0.389 e. The standard InChI is InChI=1S/C9H18ClO3PS/c1-4-12-14(11,13-5-2)15-7-6-9(3)8-10/h6H,4-5,7-8H2,1-3H3/b9-6+. The highest BCUT2D eigenvalue weighted by Gasteiger charge is 2.23. The van der Waals surface area contributed by atoms with Crippen molar-refractivity contribution in [2.75, 3.05) is 24.8 Å². The fourth-order valence-electron chi connectivity index (χ4n) is 0.753. The van der Waals surface area contributed by atoms with Gasteiger partial charge in [0.15, 0.2) is 0 Å². The van der Waals surface area contributed by atoms with E-state index in [0.717, 1.165) is 5.57 Å². The molecule has 3 nitrogen and oxygen atoms in total. The van der Waals surface area contributed by atoms with E-state index < -0.39 is 6.80 Å². The zero-order chi connectivity index (χ0) is 11.7. The Morgan fingerprint density at radius 2 is 1.93 bits per heavy atom. The van der Waals surface area contributed by atoms with Gasteiger partial charge in [0.2, 0.25) is 0 Å². The van der Waals surface area contributed by atoms with Crippen molar-refractivity contribution in [2.45, 2.75) is 20.8 Å². The Morgan fingerprint density at radius 3 is 2.33 bits per heavy atom. The van der Waals surface area contributed by atoms with Crippen molar-refractivity contribution in [1.29, 1.82) is 0 Å². The fourth-order valence-corrected chi connectivity index (χ4v) is 4.11. The van der Waals surface area contributed by atoms with Crippen LogP contribution in [0.4, 0.5) is 0 Å². The van der Waals surface area contributed by atoms with Gasteiger partial charge in [0, 0.05) is 11.6 Å². The van der Waals surface area contributed by atoms with Gasteiger partial charge < -0.3 is 9.05 Å². The Labute approximate surface area is 101 Å². The second-order valence-electron chi connectivity index (χ2n) is 2.76. The lowest BCUT2D eigenvalue weighted by atomic mass is 10.3. The monoisotopic (exact) mass is 272 g/mol. The maximum Gasteiger partial charge on any atom is 0.389 e. The topological polar surface area (TPSA) is 35.5 Å². The third-order valence-electron chi connectivity index (χ3n) is 1.45. The van der Waals surface area contributed by atoms with E-state index in [-0.39, 0.29) is 0 Å². The van der Waals surface area contributed by atoms with Crippen LogP contribution in [0, 0.1) is 0 Å². The fraction of sp³-hybridized carbons (Fsp3) is 0.778. The van der Waals surface area contributed by atoms with Gasteiger partial charge >= 0.3 is 6.80 Å². The van der Waals surface area contributed by atoms with Crippen molar-refractivity contribution >= 4 is 29.8 Å². The first-order chi connectivity index (χ1) is 7.08. The van der Waals surface area contributed by atoms with Gasteiger partial charge in [0.25, 0.3) is 0 Å². The molecule has 0 aromatic rings. The molecular weight excluding hydrogens is 255 g/mol. The van der Waals surface area contributed by atoms with Crippen LogP contribution < -0.4 is 0 Å². The zero-order valence-electron chi connectivity index (χ0n) is 9.36. The van der Waals surface area contributed by atoms with Crippen LogP contribution in [0.5, 0.6) is 0 Å². The summed E-state index contributed by atoms with van der Waals surface area (Å²) in [7, 11) is 0. The van der Waals surface area contributed by atoms with E-state index in [1.807, 2.05) is 13.0 Å². The van der Waals surface area contributed by atoms with E-state index in [9.17, 15) is 4.57 Å². The number of alkyl halides is 1. The minimum absolute atomic E-state index is 0.391. The van der Waals surface area contributed by atoms with Crippen LogP contribution in [-0.4, -0.2) is 24.8 Å². The van der Waals surface area contributed by atoms with Gasteiger partial charge in [-0.15, -0.1) is 11.6 Å². The first-order valence-corrected chi connectivity index (χ1v) is 8.50. The summed E-state index contributed by atoms with van der Waals surface area (Å²) in [6, 6.07) is 0. The minimum atomic E-state index is -2.96. The Bertz CT molecular complexity index is 236. The zero-order valence-corrected chi connectivity index (χ0v) is 11.8. The molecule has 15 heavy (non-hydrogen) atoms. The Morgan fingerprint density at radius 1 is 1.40 bits per heavy atom. The van der Waals surface area contributed by atoms with Crippen molar-refractivity contribution in [3.05, 3.63) is 11.6 Å². The third-order valence-corrected chi connectivity index (χ3v) is 5.68. The molecule has 0 fully saturated rings. The molecular formula is C9H18ClO3PS. The molecule has 0 spiro atoms. The average Bonchev–Trinajstić information content (AvgIpc) is 2.18. The minimum Gasteiger partial charge on any atom is -0.301 e. The van der Waals surface area contributed by atoms with Crippen LogP contribution in [0.15, 0.2) is 11.6 Å². The Hall–Kier alpha value is 0.530. The van der Waals surface area contributed by atoms with Gasteiger partial charge in [0.05, 0.1) is 13.2 Å². The predicted octanol–water partition coefficient (Wildman–Crippen LogP) is 4.09. The van der Waals surface area contributed by atoms with Crippen LogP contribution >= 0.6 is 29.8 Å². The molecule has 0 radical (unpaired) electrons. The molecule has 0 heterocycles. The first kappa shape index (κ1) is 15.5. The molecule has 0 rings (SSSR count). The molecule has 0 atom stereocenters. The highest BCUT2D eigenvalue weighted by atomic mass is 35.5. The molecule has 0 aliphatic rings. The molecule has 0 aliphatic carbocycles. The van der Waals surface area contributed by atoms with Gasteiger partial charge in [0.1, 0.15) is 0 Å². The van der Waals surface area contributed by atoms with Gasteiger partial charge in [-0.2, -0.15) is 0 Å². The van der Waals surface area contributed by atoms with Crippen molar-refractivity contribution in [3.63, 3.8) is 0 Å². The van der Waals surface area contributed by atoms with E-state index >= 15 is 0 Å². The Balaban J connectivity index is 4.12. The lowest BCUT2D eigenvalue weighted by molar-refractivity contribution is 0.237. The highest BCUT2D eigenvalue weighted by Crippen LogP contribution is 2.60. The van der Waals surface area contributed by atoms with Crippen molar-refractivity contribution < 1.29 is 13.6 Å². The number of rotatable bonds is 8. The predicted molar refractivity (Wildman–Crippen MR) is 67.8 cm³/mol. The molecule has 0 bridgehead atoms. The molecule has 0 aromatic heterocycles. The maximum atomic E-state index is 11.9. The van der Waals surface area contributed by atoms with Gasteiger partial charge in [-0.05, 0) is 32.2 Å². The van der Waals surface area contributed by atoms with Gasteiger partial charge in [-0.1, -0.05) is 11.6 Å². The van der Waals surface area contributed by atoms with Gasteiger partial charge in [-0.25, -0.2) is 4.57 Å². The second-order valence-corrected chi connectivity index (χ2v) is 7.15. The van der Waals surface area contributed by atoms with Gasteiger partial charge in [-0.3, -0.25) is 0 Å². The molecule has 90 valence electrons. The summed E-state index contributed by atoms with van der Waals surface area (Å²) in [5.74, 6) is 1.09. The van der Waals surface area contributed by atoms with Crippen molar-refractivity contribution in [1.82, 2.24) is 0 Å². The number of hydrogen-bond donors (Lipinski definition) is 0. The van der Waals surface area contributed by atoms with Crippen LogP contribution in [0.3, 0.4) is 0 Å². The third kappa shape index (κ3) is 7.42. The lowest BCUT2D eigenvalue weighted by Crippen LogP contribution is -1.93. The SMILES string of the molecule is CCOP(=O)(OCC)SC/C=C(\C)CCl. The molecule has 0 saturated heterocycles. The second kappa shape index (κ2) is 8.66. The molecule has 0 unspecified atom stereocenters. The summed E-state index contributed by atoms with van der Waals surface area (Å²) in [4.78, 5) is 0. The normalized spacial score (nSPS) is 13.2. The average molecular weight is 273 g/mol. The van der Waals surface area contributed by atoms with Crippen LogP contribution in [0.25, 0.3) is 0 Å². The molecule has 6 heteroatoms. The van der Waals surface area contributed by atoms with Crippen molar-refractivity contribution in [3.8, 4) is 0 Å². The van der Waals surface area contributed by atoms with E-state index in [4.69, 9.17) is 20.6 Å². The summed E-state index contributed by atoms with van der Waals surface area (Å²) in [6.45, 7) is 3.35. The number of halogens is 1. The molecule has 0 aliphatic heterocycles. The first-order valence-electron chi connectivity index (χ1n) is 4.83. The summed E-state index contributed by atoms with van der Waals surface area (Å²) in [5.41, 5.74) is 1.06. The maximum absolute atomic E-state index is 11.9. The summed E-state index contributed by atoms with van der Waals surface area (Å²) in [5, 5.41) is 0. The van der Waals surface area contributed by atoms with Crippen LogP contribution in [-0.2, 0) is 13.6 Å². The quantitative estimate of drug-likeness (QED) is 0.379. The molecule has 0 N–H and O–H groups in total. The molecule has 0 saturated carbocycles. The van der Waals surface area contributed by atoms with E-state index in [0.29, 0.717) is 24.8 Å². The molecule has 0 aromatic carbocycles. The summed E-state index contributed by atoms with van der Waals surface area (Å²) < 4.78 is 22.2. The van der Waals surface area contributed by atoms with Crippen LogP contribution in [0.2, 0.25) is 0 Å². The summed E-state index contributed by atoms with van der Waals surface area (Å²) in [6.07, 6.45) is 1.93. The van der Waals surface area contributed by atoms with Crippen molar-refractivity contribution in [2.24, 2.45) is 0 Å². The van der Waals surface area contributed by atoms with E-state index in [2.05, 4.69) is 0 Å². The number of hydrogen-bond acceptors (Lipinski definition) is 4. The number of allylic oxidation sites excluding steroid dienone is 1. The smallest absolute Gasteiger partial charge is 0.301 e. The van der Waals surface area contributed by atoms with Crippen LogP contribution in [0.1, 0.15) is 20.8 Å². The van der Waals surface area contributed by atoms with E-state index in [1.165, 1.54) is 11.4 Å². The van der Waals surface area contributed by atoms with E-state index in [1.54, 1.807) is 13.8 Å². The summed E-state index contributed by atoms with van der Waals surface area (Å²) >= 11 is 6.81. The lowest BCUT2D eigenvalue weighted by Gasteiger charge is -2.14. The highest BCUT2D eigenvalue weighted by molar-refractivity contribution is 8.55. The Kier molecular flexibility index (Phi) is 8.96. The molecule has 0 amide bonds.